The lowest BCUT2D eigenvalue weighted by atomic mass is 10.0. The van der Waals surface area contributed by atoms with Gasteiger partial charge < -0.3 is 24.0 Å². The van der Waals surface area contributed by atoms with E-state index in [0.29, 0.717) is 12.2 Å². The summed E-state index contributed by atoms with van der Waals surface area (Å²) in [6.07, 6.45) is 3.23. The van der Waals surface area contributed by atoms with Crippen LogP contribution in [0.1, 0.15) is 29.4 Å². The Balaban J connectivity index is 1.22. The van der Waals surface area contributed by atoms with Gasteiger partial charge in [-0.15, -0.1) is 0 Å². The molecule has 3 aromatic rings. The van der Waals surface area contributed by atoms with Crippen LogP contribution in [0.4, 0.5) is 0 Å². The van der Waals surface area contributed by atoms with Crippen LogP contribution in [-0.2, 0) is 4.74 Å². The van der Waals surface area contributed by atoms with Crippen molar-refractivity contribution in [1.29, 1.82) is 0 Å². The van der Waals surface area contributed by atoms with E-state index in [1.165, 1.54) is 12.7 Å². The van der Waals surface area contributed by atoms with Gasteiger partial charge in [-0.25, -0.2) is 4.79 Å². The Morgan fingerprint density at radius 1 is 1.00 bits per heavy atom. The highest BCUT2D eigenvalue weighted by molar-refractivity contribution is 5.87. The van der Waals surface area contributed by atoms with Crippen molar-refractivity contribution in [3.05, 3.63) is 78.6 Å². The average molecular weight is 435 g/mol. The maximum Gasteiger partial charge on any atom is 0.354 e. The van der Waals surface area contributed by atoms with Crippen LogP contribution in [0.5, 0.6) is 5.75 Å². The van der Waals surface area contributed by atoms with Gasteiger partial charge in [-0.2, -0.15) is 0 Å². The lowest BCUT2D eigenvalue weighted by Crippen LogP contribution is -2.41. The zero-order chi connectivity index (χ0) is 22.3. The van der Waals surface area contributed by atoms with Gasteiger partial charge in [0.2, 0.25) is 0 Å². The second-order valence-corrected chi connectivity index (χ2v) is 8.18. The molecule has 1 saturated heterocycles. The second-order valence-electron chi connectivity index (χ2n) is 8.18. The van der Waals surface area contributed by atoms with Crippen LogP contribution >= 0.6 is 0 Å². The molecule has 32 heavy (non-hydrogen) atoms. The lowest BCUT2D eigenvalue weighted by molar-refractivity contribution is 0.0532. The zero-order valence-corrected chi connectivity index (χ0v) is 18.4. The molecule has 6 nitrogen and oxygen atoms in total. The van der Waals surface area contributed by atoms with Crippen molar-refractivity contribution in [3.63, 3.8) is 0 Å². The van der Waals surface area contributed by atoms with Gasteiger partial charge in [-0.05, 0) is 48.2 Å². The molecular weight excluding hydrogens is 404 g/mol. The van der Waals surface area contributed by atoms with Gasteiger partial charge >= 0.3 is 5.97 Å². The van der Waals surface area contributed by atoms with E-state index in [1.807, 2.05) is 59.3 Å². The normalized spacial score (nSPS) is 15.9. The largest absolute Gasteiger partial charge is 0.491 e. The average Bonchev–Trinajstić information content (AvgIpc) is 3.34. The molecule has 1 N–H and O–H groups in total. The molecule has 2 heterocycles. The number of aliphatic hydroxyl groups excluding tert-OH is 1. The highest BCUT2D eigenvalue weighted by Crippen LogP contribution is 2.25. The topological polar surface area (TPSA) is 63.9 Å². The van der Waals surface area contributed by atoms with Gasteiger partial charge in [-0.1, -0.05) is 42.5 Å². The van der Waals surface area contributed by atoms with Crippen molar-refractivity contribution < 1.29 is 19.4 Å². The summed E-state index contributed by atoms with van der Waals surface area (Å²) in [5.74, 6) is 0.451. The summed E-state index contributed by atoms with van der Waals surface area (Å²) in [6, 6.07) is 22.1. The van der Waals surface area contributed by atoms with Gasteiger partial charge in [0.1, 0.15) is 24.2 Å². The number of aliphatic hydroxyl groups is 1. The second kappa shape index (κ2) is 10.5. The molecule has 1 aromatic heterocycles. The Morgan fingerprint density at radius 2 is 1.69 bits per heavy atom. The molecule has 6 heteroatoms. The van der Waals surface area contributed by atoms with E-state index in [9.17, 15) is 9.90 Å². The van der Waals surface area contributed by atoms with Gasteiger partial charge in [0.25, 0.3) is 0 Å². The van der Waals surface area contributed by atoms with Crippen LogP contribution < -0.4 is 4.74 Å². The third-order valence-corrected chi connectivity index (χ3v) is 6.00. The van der Waals surface area contributed by atoms with E-state index in [4.69, 9.17) is 9.47 Å². The van der Waals surface area contributed by atoms with Crippen LogP contribution in [0, 0.1) is 0 Å². The van der Waals surface area contributed by atoms with Crippen molar-refractivity contribution in [2.75, 3.05) is 33.4 Å². The molecule has 0 radical (unpaired) electrons. The number of ether oxygens (including phenoxy) is 2. The first-order chi connectivity index (χ1) is 15.6. The van der Waals surface area contributed by atoms with Crippen molar-refractivity contribution >= 4 is 5.97 Å². The predicted molar refractivity (Wildman–Crippen MR) is 124 cm³/mol. The third-order valence-electron chi connectivity index (χ3n) is 6.00. The van der Waals surface area contributed by atoms with Gasteiger partial charge in [0.15, 0.2) is 0 Å². The Morgan fingerprint density at radius 3 is 2.38 bits per heavy atom. The number of aromatic nitrogens is 1. The molecule has 1 aliphatic rings. The van der Waals surface area contributed by atoms with E-state index in [2.05, 4.69) is 17.0 Å². The fourth-order valence-corrected chi connectivity index (χ4v) is 4.29. The summed E-state index contributed by atoms with van der Waals surface area (Å²) in [6.45, 7) is 2.57. The van der Waals surface area contributed by atoms with E-state index in [0.717, 1.165) is 37.2 Å². The van der Waals surface area contributed by atoms with Crippen LogP contribution in [0.15, 0.2) is 72.9 Å². The van der Waals surface area contributed by atoms with Crippen molar-refractivity contribution in [2.24, 2.45) is 0 Å². The minimum Gasteiger partial charge on any atom is -0.491 e. The summed E-state index contributed by atoms with van der Waals surface area (Å²) in [4.78, 5) is 14.2. The molecule has 4 rings (SSSR count). The molecule has 0 bridgehead atoms. The van der Waals surface area contributed by atoms with Gasteiger partial charge in [0, 0.05) is 31.9 Å². The molecule has 168 valence electrons. The van der Waals surface area contributed by atoms with E-state index in [1.54, 1.807) is 6.07 Å². The first-order valence-electron chi connectivity index (χ1n) is 11.1. The number of piperidine rings is 1. The predicted octanol–water partition coefficient (Wildman–Crippen LogP) is 4.02. The molecule has 0 amide bonds. The monoisotopic (exact) mass is 434 g/mol. The highest BCUT2D eigenvalue weighted by atomic mass is 16.5. The van der Waals surface area contributed by atoms with Crippen molar-refractivity contribution in [1.82, 2.24) is 9.47 Å². The van der Waals surface area contributed by atoms with Gasteiger partial charge in [-0.3, -0.25) is 0 Å². The molecule has 2 aromatic carbocycles. The van der Waals surface area contributed by atoms with Crippen LogP contribution in [0.3, 0.4) is 0 Å². The molecular formula is C26H30N2O4. The van der Waals surface area contributed by atoms with Crippen molar-refractivity contribution in [2.45, 2.75) is 25.0 Å². The minimum atomic E-state index is -0.558. The summed E-state index contributed by atoms with van der Waals surface area (Å²) in [5.41, 5.74) is 2.90. The maximum atomic E-state index is 11.9. The molecule has 1 unspecified atom stereocenters. The lowest BCUT2D eigenvalue weighted by Gasteiger charge is -2.34. The molecule has 1 aliphatic heterocycles. The number of carbonyl (C=O) groups is 1. The molecule has 1 fully saturated rings. The first-order valence-corrected chi connectivity index (χ1v) is 11.1. The number of nitrogens with zero attached hydrogens (tertiary/aromatic N) is 2. The molecule has 0 aliphatic carbocycles. The van der Waals surface area contributed by atoms with Crippen molar-refractivity contribution in [3.8, 4) is 16.9 Å². The zero-order valence-electron chi connectivity index (χ0n) is 18.4. The number of hydrogen-bond donors (Lipinski definition) is 1. The number of likely N-dealkylation sites (tertiary alicyclic amines) is 1. The number of benzene rings is 2. The fraction of sp³-hybridized carbons (Fsp3) is 0.346. The van der Waals surface area contributed by atoms with Crippen LogP contribution in [-0.4, -0.2) is 60.0 Å². The summed E-state index contributed by atoms with van der Waals surface area (Å²) >= 11 is 0. The number of carbonyl (C=O) groups excluding carboxylic acids is 1. The van der Waals surface area contributed by atoms with E-state index < -0.39 is 6.10 Å². The van der Waals surface area contributed by atoms with E-state index in [-0.39, 0.29) is 18.6 Å². The summed E-state index contributed by atoms with van der Waals surface area (Å²) in [5, 5.41) is 10.5. The quantitative estimate of drug-likeness (QED) is 0.543. The van der Waals surface area contributed by atoms with E-state index >= 15 is 0 Å². The Bertz CT molecular complexity index is 992. The van der Waals surface area contributed by atoms with Gasteiger partial charge in [0.05, 0.1) is 7.11 Å². The smallest absolute Gasteiger partial charge is 0.354 e. The third kappa shape index (κ3) is 5.39. The molecule has 1 atom stereocenters. The maximum absolute atomic E-state index is 11.9. The first kappa shape index (κ1) is 22.1. The fourth-order valence-electron chi connectivity index (χ4n) is 4.29. The Hall–Kier alpha value is -3.09. The number of esters is 1. The summed E-state index contributed by atoms with van der Waals surface area (Å²) in [7, 11) is 1.41. The minimum absolute atomic E-state index is 0.259. The Labute approximate surface area is 189 Å². The highest BCUT2D eigenvalue weighted by Gasteiger charge is 2.25. The number of rotatable bonds is 8. The standard InChI is InChI=1S/C26H30N2O4/c1-31-26(30)25-8-5-15-28(25)22-13-16-27(17-14-22)18-23(29)19-32-24-11-9-21(10-12-24)20-6-3-2-4-7-20/h2-12,15,22-23,29H,13-14,16-19H2,1H3. The molecule has 0 spiro atoms. The number of β-amino-alcohol motifs (C(OH)–C–C–N with tert-alkyl or cyclic N) is 1. The molecule has 0 saturated carbocycles. The van der Waals surface area contributed by atoms with Crippen LogP contribution in [0.2, 0.25) is 0 Å². The summed E-state index contributed by atoms with van der Waals surface area (Å²) < 4.78 is 12.7. The number of hydrogen-bond acceptors (Lipinski definition) is 5. The Kier molecular flexibility index (Phi) is 7.24. The SMILES string of the molecule is COC(=O)c1cccn1C1CCN(CC(O)COc2ccc(-c3ccccc3)cc2)CC1. The van der Waals surface area contributed by atoms with Crippen LogP contribution in [0.25, 0.3) is 11.1 Å². The number of methoxy groups -OCH3 is 1.